The highest BCUT2D eigenvalue weighted by molar-refractivity contribution is 7.10. The molecule has 33 heavy (non-hydrogen) atoms. The third kappa shape index (κ3) is 4.75. The molecule has 0 aliphatic carbocycles. The van der Waals surface area contributed by atoms with Gasteiger partial charge in [-0.05, 0) is 48.7 Å². The Morgan fingerprint density at radius 2 is 1.79 bits per heavy atom. The molecular formula is C25H26N4O3S. The lowest BCUT2D eigenvalue weighted by atomic mass is 9.98. The van der Waals surface area contributed by atoms with Crippen LogP contribution in [0.25, 0.3) is 0 Å². The number of rotatable bonds is 5. The van der Waals surface area contributed by atoms with Crippen molar-refractivity contribution in [1.29, 1.82) is 0 Å². The molecule has 170 valence electrons. The van der Waals surface area contributed by atoms with E-state index in [4.69, 9.17) is 0 Å². The first-order valence-electron chi connectivity index (χ1n) is 10.6. The molecular weight excluding hydrogens is 436 g/mol. The Kier molecular flexibility index (Phi) is 6.46. The number of nitrogens with zero attached hydrogens (tertiary/aromatic N) is 2. The van der Waals surface area contributed by atoms with Crippen LogP contribution in [0.4, 0.5) is 11.4 Å². The molecule has 3 amide bonds. The Labute approximate surface area is 197 Å². The molecule has 1 aliphatic rings. The first kappa shape index (κ1) is 22.5. The number of carbonyl (C=O) groups is 3. The number of thiophene rings is 1. The molecule has 1 aromatic heterocycles. The maximum absolute atomic E-state index is 13.1. The average Bonchev–Trinajstić information content (AvgIpc) is 3.45. The second-order valence-electron chi connectivity index (χ2n) is 8.26. The van der Waals surface area contributed by atoms with Crippen LogP contribution in [0.5, 0.6) is 0 Å². The maximum atomic E-state index is 13.1. The van der Waals surface area contributed by atoms with Gasteiger partial charge in [0.2, 0.25) is 11.8 Å². The Morgan fingerprint density at radius 1 is 1.03 bits per heavy atom. The van der Waals surface area contributed by atoms with Crippen LogP contribution in [0.1, 0.15) is 33.3 Å². The molecule has 1 fully saturated rings. The lowest BCUT2D eigenvalue weighted by Crippen LogP contribution is -2.45. The van der Waals surface area contributed by atoms with Crippen molar-refractivity contribution in [2.24, 2.45) is 5.92 Å². The van der Waals surface area contributed by atoms with Gasteiger partial charge in [0, 0.05) is 42.3 Å². The first-order chi connectivity index (χ1) is 15.8. The molecule has 2 N–H and O–H groups in total. The fourth-order valence-electron chi connectivity index (χ4n) is 3.97. The zero-order valence-electron chi connectivity index (χ0n) is 18.7. The highest BCUT2D eigenvalue weighted by Crippen LogP contribution is 2.43. The minimum Gasteiger partial charge on any atom is -0.378 e. The summed E-state index contributed by atoms with van der Waals surface area (Å²) in [7, 11) is 3.78. The molecule has 7 nitrogen and oxygen atoms in total. The lowest BCUT2D eigenvalue weighted by Gasteiger charge is -2.27. The summed E-state index contributed by atoms with van der Waals surface area (Å²) in [6.45, 7) is 1.99. The molecule has 2 heterocycles. The standard InChI is InChI=1S/C25H26N4O3S/c1-16-9-11-18(12-10-16)29-22(30)15-20(23(29)21-8-5-13-33-21)25(32)27-26-24(31)17-6-4-7-19(14-17)28(2)3/h4-14,20,23H,15H2,1-3H3,(H,26,31)(H,27,32). The molecule has 2 atom stereocenters. The van der Waals surface area contributed by atoms with Crippen molar-refractivity contribution in [3.05, 3.63) is 82.0 Å². The second kappa shape index (κ2) is 9.46. The lowest BCUT2D eigenvalue weighted by molar-refractivity contribution is -0.127. The SMILES string of the molecule is Cc1ccc(N2C(=O)CC(C(=O)NNC(=O)c3cccc(N(C)C)c3)C2c2cccs2)cc1. The quantitative estimate of drug-likeness (QED) is 0.567. The monoisotopic (exact) mass is 462 g/mol. The van der Waals surface area contributed by atoms with E-state index in [1.54, 1.807) is 23.1 Å². The van der Waals surface area contributed by atoms with Crippen molar-refractivity contribution < 1.29 is 14.4 Å². The van der Waals surface area contributed by atoms with Crippen molar-refractivity contribution >= 4 is 40.4 Å². The van der Waals surface area contributed by atoms with Crippen LogP contribution < -0.4 is 20.7 Å². The fourth-order valence-corrected chi connectivity index (χ4v) is 4.85. The third-order valence-corrected chi connectivity index (χ3v) is 6.67. The van der Waals surface area contributed by atoms with Crippen LogP contribution in [-0.2, 0) is 9.59 Å². The molecule has 8 heteroatoms. The van der Waals surface area contributed by atoms with Gasteiger partial charge >= 0.3 is 0 Å². The van der Waals surface area contributed by atoms with Crippen molar-refractivity contribution in [3.8, 4) is 0 Å². The Morgan fingerprint density at radius 3 is 2.45 bits per heavy atom. The minimum atomic E-state index is -0.633. The molecule has 0 spiro atoms. The van der Waals surface area contributed by atoms with E-state index in [0.29, 0.717) is 5.56 Å². The predicted molar refractivity (Wildman–Crippen MR) is 130 cm³/mol. The van der Waals surface area contributed by atoms with Gasteiger partial charge in [0.15, 0.2) is 0 Å². The van der Waals surface area contributed by atoms with Gasteiger partial charge in [-0.15, -0.1) is 11.3 Å². The van der Waals surface area contributed by atoms with E-state index in [1.807, 2.05) is 73.8 Å². The van der Waals surface area contributed by atoms with Gasteiger partial charge in [0.1, 0.15) is 0 Å². The Bertz CT molecular complexity index is 1160. The number of carbonyl (C=O) groups excluding carboxylic acids is 3. The van der Waals surface area contributed by atoms with Crippen LogP contribution in [0.15, 0.2) is 66.0 Å². The summed E-state index contributed by atoms with van der Waals surface area (Å²) >= 11 is 1.50. The highest BCUT2D eigenvalue weighted by Gasteiger charge is 2.45. The van der Waals surface area contributed by atoms with Crippen LogP contribution in [0.2, 0.25) is 0 Å². The molecule has 2 unspecified atom stereocenters. The molecule has 2 aromatic carbocycles. The number of amides is 3. The Hall–Kier alpha value is -3.65. The Balaban J connectivity index is 1.52. The molecule has 0 saturated carbocycles. The van der Waals surface area contributed by atoms with Crippen LogP contribution in [0, 0.1) is 12.8 Å². The highest BCUT2D eigenvalue weighted by atomic mass is 32.1. The van der Waals surface area contributed by atoms with Gasteiger partial charge in [0.25, 0.3) is 5.91 Å². The summed E-state index contributed by atoms with van der Waals surface area (Å²) in [6.07, 6.45) is 0.0638. The van der Waals surface area contributed by atoms with E-state index in [1.165, 1.54) is 11.3 Å². The number of nitrogens with one attached hydrogen (secondary N) is 2. The summed E-state index contributed by atoms with van der Waals surface area (Å²) in [4.78, 5) is 43.2. The topological polar surface area (TPSA) is 81.8 Å². The minimum absolute atomic E-state index is 0.0638. The zero-order valence-corrected chi connectivity index (χ0v) is 19.6. The maximum Gasteiger partial charge on any atom is 0.269 e. The summed E-state index contributed by atoms with van der Waals surface area (Å²) in [5, 5.41) is 1.93. The van der Waals surface area contributed by atoms with Gasteiger partial charge in [-0.3, -0.25) is 25.2 Å². The van der Waals surface area contributed by atoms with Gasteiger partial charge in [-0.2, -0.15) is 0 Å². The van der Waals surface area contributed by atoms with Crippen molar-refractivity contribution in [3.63, 3.8) is 0 Å². The first-order valence-corrected chi connectivity index (χ1v) is 11.5. The molecule has 0 bridgehead atoms. The van der Waals surface area contributed by atoms with Gasteiger partial charge < -0.3 is 9.80 Å². The van der Waals surface area contributed by atoms with E-state index >= 15 is 0 Å². The summed E-state index contributed by atoms with van der Waals surface area (Å²) in [6, 6.07) is 18.2. The number of hydrogen-bond donors (Lipinski definition) is 2. The summed E-state index contributed by atoms with van der Waals surface area (Å²) in [5.41, 5.74) is 8.19. The fraction of sp³-hybridized carbons (Fsp3) is 0.240. The number of aryl methyl sites for hydroxylation is 1. The van der Waals surface area contributed by atoms with E-state index in [2.05, 4.69) is 10.9 Å². The average molecular weight is 463 g/mol. The van der Waals surface area contributed by atoms with E-state index in [9.17, 15) is 14.4 Å². The number of hydrazine groups is 1. The molecule has 1 saturated heterocycles. The number of benzene rings is 2. The molecule has 4 rings (SSSR count). The van der Waals surface area contributed by atoms with E-state index in [0.717, 1.165) is 21.8 Å². The molecule has 1 aliphatic heterocycles. The van der Waals surface area contributed by atoms with E-state index < -0.39 is 23.8 Å². The van der Waals surface area contributed by atoms with Crippen molar-refractivity contribution in [2.45, 2.75) is 19.4 Å². The summed E-state index contributed by atoms with van der Waals surface area (Å²) < 4.78 is 0. The zero-order chi connectivity index (χ0) is 23.5. The third-order valence-electron chi connectivity index (χ3n) is 5.73. The van der Waals surface area contributed by atoms with E-state index in [-0.39, 0.29) is 12.3 Å². The van der Waals surface area contributed by atoms with Crippen LogP contribution >= 0.6 is 11.3 Å². The van der Waals surface area contributed by atoms with Gasteiger partial charge in [-0.25, -0.2) is 0 Å². The molecule has 0 radical (unpaired) electrons. The molecule has 3 aromatic rings. The second-order valence-corrected chi connectivity index (χ2v) is 9.24. The summed E-state index contributed by atoms with van der Waals surface area (Å²) in [5.74, 6) is -1.57. The predicted octanol–water partition coefficient (Wildman–Crippen LogP) is 3.68. The normalized spacial score (nSPS) is 17.7. The van der Waals surface area contributed by atoms with Crippen molar-refractivity contribution in [1.82, 2.24) is 10.9 Å². The largest absolute Gasteiger partial charge is 0.378 e. The van der Waals surface area contributed by atoms with Crippen molar-refractivity contribution in [2.75, 3.05) is 23.9 Å². The van der Waals surface area contributed by atoms with Gasteiger partial charge in [0.05, 0.1) is 12.0 Å². The number of anilines is 2. The number of hydrogen-bond acceptors (Lipinski definition) is 5. The van der Waals surface area contributed by atoms with Crippen LogP contribution in [0.3, 0.4) is 0 Å². The smallest absolute Gasteiger partial charge is 0.269 e. The van der Waals surface area contributed by atoms with Gasteiger partial charge in [-0.1, -0.05) is 29.8 Å². The van der Waals surface area contributed by atoms with Crippen LogP contribution in [-0.4, -0.2) is 31.8 Å².